The number of rotatable bonds is 9. The number of carbonyl (C=O) groups is 1. The van der Waals surface area contributed by atoms with Crippen molar-refractivity contribution in [1.29, 1.82) is 0 Å². The quantitative estimate of drug-likeness (QED) is 0.614. The lowest BCUT2D eigenvalue weighted by Crippen LogP contribution is -2.22. The van der Waals surface area contributed by atoms with Gasteiger partial charge >= 0.3 is 6.61 Å². The van der Waals surface area contributed by atoms with Crippen molar-refractivity contribution in [2.24, 2.45) is 0 Å². The molecule has 1 N–H and O–H groups in total. The van der Waals surface area contributed by atoms with Crippen LogP contribution in [0.2, 0.25) is 0 Å². The fourth-order valence-corrected chi connectivity index (χ4v) is 2.44. The predicted octanol–water partition coefficient (Wildman–Crippen LogP) is 4.53. The van der Waals surface area contributed by atoms with Crippen LogP contribution in [0, 0.1) is 0 Å². The SMILES string of the molecule is O=C(CCCOc1cccc(Br)c1)NCc1ccc(OC(F)F)cc1. The minimum Gasteiger partial charge on any atom is -0.494 e. The van der Waals surface area contributed by atoms with E-state index in [9.17, 15) is 13.6 Å². The molecule has 0 spiro atoms. The molecule has 0 aliphatic heterocycles. The van der Waals surface area contributed by atoms with Crippen molar-refractivity contribution in [3.8, 4) is 11.5 Å². The van der Waals surface area contributed by atoms with Crippen molar-refractivity contribution in [1.82, 2.24) is 5.32 Å². The van der Waals surface area contributed by atoms with Gasteiger partial charge in [0.15, 0.2) is 0 Å². The molecule has 7 heteroatoms. The van der Waals surface area contributed by atoms with E-state index in [1.807, 2.05) is 24.3 Å². The number of hydrogen-bond acceptors (Lipinski definition) is 3. The first kappa shape index (κ1) is 19.2. The standard InChI is InChI=1S/C18H18BrF2NO3/c19-14-3-1-4-16(11-14)24-10-2-5-17(23)22-12-13-6-8-15(9-7-13)25-18(20)21/h1,3-4,6-9,11,18H,2,5,10,12H2,(H,22,23). The molecule has 4 nitrogen and oxygen atoms in total. The molecule has 0 saturated heterocycles. The minimum atomic E-state index is -2.84. The largest absolute Gasteiger partial charge is 0.494 e. The Hall–Kier alpha value is -2.15. The van der Waals surface area contributed by atoms with E-state index >= 15 is 0 Å². The zero-order chi connectivity index (χ0) is 18.1. The average Bonchev–Trinajstić information content (AvgIpc) is 2.58. The van der Waals surface area contributed by atoms with Gasteiger partial charge in [-0.25, -0.2) is 0 Å². The van der Waals surface area contributed by atoms with Crippen LogP contribution in [-0.2, 0) is 11.3 Å². The number of benzene rings is 2. The summed E-state index contributed by atoms with van der Waals surface area (Å²) in [7, 11) is 0. The molecule has 0 radical (unpaired) electrons. The molecule has 0 bridgehead atoms. The lowest BCUT2D eigenvalue weighted by Gasteiger charge is -2.08. The number of carbonyl (C=O) groups excluding carboxylic acids is 1. The summed E-state index contributed by atoms with van der Waals surface area (Å²) in [6.45, 7) is -2.06. The van der Waals surface area contributed by atoms with Gasteiger partial charge in [0.2, 0.25) is 5.91 Å². The summed E-state index contributed by atoms with van der Waals surface area (Å²) in [4.78, 5) is 11.8. The second-order valence-corrected chi connectivity index (χ2v) is 6.12. The molecule has 0 aliphatic rings. The molecule has 0 aromatic heterocycles. The maximum atomic E-state index is 12.1. The van der Waals surface area contributed by atoms with Gasteiger partial charge in [0.05, 0.1) is 6.61 Å². The Morgan fingerprint density at radius 1 is 1.12 bits per heavy atom. The fraction of sp³-hybridized carbons (Fsp3) is 0.278. The topological polar surface area (TPSA) is 47.6 Å². The van der Waals surface area contributed by atoms with Crippen LogP contribution < -0.4 is 14.8 Å². The highest BCUT2D eigenvalue weighted by Crippen LogP contribution is 2.18. The molecule has 0 fully saturated rings. The fourth-order valence-electron chi connectivity index (χ4n) is 2.06. The minimum absolute atomic E-state index is 0.0919. The average molecular weight is 414 g/mol. The van der Waals surface area contributed by atoms with Gasteiger partial charge in [0, 0.05) is 17.4 Å². The van der Waals surface area contributed by atoms with Crippen LogP contribution in [0.4, 0.5) is 8.78 Å². The molecule has 0 saturated carbocycles. The molecular weight excluding hydrogens is 396 g/mol. The van der Waals surface area contributed by atoms with Gasteiger partial charge in [-0.3, -0.25) is 4.79 Å². The van der Waals surface area contributed by atoms with Gasteiger partial charge in [-0.1, -0.05) is 34.1 Å². The van der Waals surface area contributed by atoms with Crippen molar-refractivity contribution in [3.63, 3.8) is 0 Å². The summed E-state index contributed by atoms with van der Waals surface area (Å²) in [5, 5.41) is 2.78. The third kappa shape index (κ3) is 7.51. The van der Waals surface area contributed by atoms with E-state index in [-0.39, 0.29) is 11.7 Å². The molecule has 25 heavy (non-hydrogen) atoms. The van der Waals surface area contributed by atoms with Crippen molar-refractivity contribution >= 4 is 21.8 Å². The first-order chi connectivity index (χ1) is 12.0. The lowest BCUT2D eigenvalue weighted by molar-refractivity contribution is -0.121. The molecule has 0 atom stereocenters. The van der Waals surface area contributed by atoms with Crippen LogP contribution in [0.5, 0.6) is 11.5 Å². The monoisotopic (exact) mass is 413 g/mol. The molecule has 0 heterocycles. The predicted molar refractivity (Wildman–Crippen MR) is 93.8 cm³/mol. The zero-order valence-corrected chi connectivity index (χ0v) is 15.0. The van der Waals surface area contributed by atoms with E-state index < -0.39 is 6.61 Å². The number of alkyl halides is 2. The van der Waals surface area contributed by atoms with Gasteiger partial charge in [0.1, 0.15) is 11.5 Å². The molecule has 2 rings (SSSR count). The normalized spacial score (nSPS) is 10.6. The van der Waals surface area contributed by atoms with Crippen LogP contribution in [-0.4, -0.2) is 19.1 Å². The van der Waals surface area contributed by atoms with Gasteiger partial charge in [-0.15, -0.1) is 0 Å². The van der Waals surface area contributed by atoms with Gasteiger partial charge in [0.25, 0.3) is 0 Å². The zero-order valence-electron chi connectivity index (χ0n) is 13.4. The molecule has 2 aromatic carbocycles. The van der Waals surface area contributed by atoms with Crippen LogP contribution in [0.15, 0.2) is 53.0 Å². The molecule has 134 valence electrons. The third-order valence-corrected chi connectivity index (χ3v) is 3.74. The molecule has 0 unspecified atom stereocenters. The Balaban J connectivity index is 1.63. The smallest absolute Gasteiger partial charge is 0.387 e. The van der Waals surface area contributed by atoms with Crippen molar-refractivity contribution < 1.29 is 23.0 Å². The maximum absolute atomic E-state index is 12.1. The molecule has 2 aromatic rings. The van der Waals surface area contributed by atoms with Crippen LogP contribution in [0.1, 0.15) is 18.4 Å². The second kappa shape index (κ2) is 9.98. The second-order valence-electron chi connectivity index (χ2n) is 5.21. The highest BCUT2D eigenvalue weighted by Gasteiger charge is 2.05. The van der Waals surface area contributed by atoms with Crippen LogP contribution >= 0.6 is 15.9 Å². The Morgan fingerprint density at radius 3 is 2.56 bits per heavy atom. The first-order valence-corrected chi connectivity index (χ1v) is 8.51. The van der Waals surface area contributed by atoms with E-state index in [1.54, 1.807) is 12.1 Å². The number of hydrogen-bond donors (Lipinski definition) is 1. The van der Waals surface area contributed by atoms with E-state index in [2.05, 4.69) is 26.0 Å². The summed E-state index contributed by atoms with van der Waals surface area (Å²) < 4.78 is 34.9. The summed E-state index contributed by atoms with van der Waals surface area (Å²) in [5.74, 6) is 0.751. The van der Waals surface area contributed by atoms with E-state index in [0.29, 0.717) is 26.0 Å². The summed E-state index contributed by atoms with van der Waals surface area (Å²) in [5.41, 5.74) is 0.806. The number of amides is 1. The Labute approximate surface area is 153 Å². The van der Waals surface area contributed by atoms with Crippen molar-refractivity contribution in [2.45, 2.75) is 26.0 Å². The summed E-state index contributed by atoms with van der Waals surface area (Å²) in [6.07, 6.45) is 0.945. The third-order valence-electron chi connectivity index (χ3n) is 3.25. The Morgan fingerprint density at radius 2 is 1.88 bits per heavy atom. The van der Waals surface area contributed by atoms with Gasteiger partial charge in [-0.2, -0.15) is 8.78 Å². The van der Waals surface area contributed by atoms with Crippen LogP contribution in [0.3, 0.4) is 0 Å². The molecule has 1 amide bonds. The summed E-state index contributed by atoms with van der Waals surface area (Å²) >= 11 is 3.36. The Bertz CT molecular complexity index is 680. The van der Waals surface area contributed by atoms with E-state index in [1.165, 1.54) is 12.1 Å². The van der Waals surface area contributed by atoms with E-state index in [0.717, 1.165) is 15.8 Å². The number of halogens is 3. The molecule has 0 aliphatic carbocycles. The van der Waals surface area contributed by atoms with Crippen molar-refractivity contribution in [3.05, 3.63) is 58.6 Å². The number of nitrogens with one attached hydrogen (secondary N) is 1. The number of ether oxygens (including phenoxy) is 2. The van der Waals surface area contributed by atoms with Gasteiger partial charge < -0.3 is 14.8 Å². The highest BCUT2D eigenvalue weighted by atomic mass is 79.9. The lowest BCUT2D eigenvalue weighted by atomic mass is 10.2. The summed E-state index contributed by atoms with van der Waals surface area (Å²) in [6, 6.07) is 13.7. The van der Waals surface area contributed by atoms with Crippen LogP contribution in [0.25, 0.3) is 0 Å². The van der Waals surface area contributed by atoms with E-state index in [4.69, 9.17) is 4.74 Å². The molecular formula is C18H18BrF2NO3. The highest BCUT2D eigenvalue weighted by molar-refractivity contribution is 9.10. The van der Waals surface area contributed by atoms with Crippen molar-refractivity contribution in [2.75, 3.05) is 6.61 Å². The van der Waals surface area contributed by atoms with Gasteiger partial charge in [-0.05, 0) is 42.3 Å². The Kier molecular flexibility index (Phi) is 7.66. The maximum Gasteiger partial charge on any atom is 0.387 e. The first-order valence-electron chi connectivity index (χ1n) is 7.72.